The van der Waals surface area contributed by atoms with E-state index in [0.29, 0.717) is 24.2 Å². The van der Waals surface area contributed by atoms with Crippen molar-refractivity contribution in [2.24, 2.45) is 0 Å². The summed E-state index contributed by atoms with van der Waals surface area (Å²) in [6, 6.07) is 9.50. The second-order valence-electron chi connectivity index (χ2n) is 9.05. The van der Waals surface area contributed by atoms with Gasteiger partial charge < -0.3 is 19.6 Å². The first kappa shape index (κ1) is 20.8. The van der Waals surface area contributed by atoms with E-state index in [2.05, 4.69) is 41.2 Å². The van der Waals surface area contributed by atoms with E-state index in [-0.39, 0.29) is 17.8 Å². The predicted molar refractivity (Wildman–Crippen MR) is 123 cm³/mol. The Morgan fingerprint density at radius 1 is 1.19 bits per heavy atom. The minimum atomic E-state index is -0.165. The molecule has 2 aliphatic rings. The predicted octanol–water partition coefficient (Wildman–Crippen LogP) is 3.85. The third-order valence-corrected chi connectivity index (χ3v) is 6.64. The molecule has 2 N–H and O–H groups in total. The van der Waals surface area contributed by atoms with Crippen LogP contribution in [0.4, 0.5) is 0 Å². The summed E-state index contributed by atoms with van der Waals surface area (Å²) in [6.45, 7) is 5.27. The summed E-state index contributed by atoms with van der Waals surface area (Å²) in [5, 5.41) is 18.7. The quantitative estimate of drug-likeness (QED) is 0.638. The van der Waals surface area contributed by atoms with Crippen LogP contribution in [0.1, 0.15) is 53.4 Å². The molecular formula is C25H30N4O3. The maximum atomic E-state index is 13.3. The van der Waals surface area contributed by atoms with E-state index in [1.54, 1.807) is 17.0 Å². The summed E-state index contributed by atoms with van der Waals surface area (Å²) in [7, 11) is 2.14. The highest BCUT2D eigenvalue weighted by atomic mass is 16.5. The molecule has 0 spiro atoms. The molecular weight excluding hydrogens is 404 g/mol. The van der Waals surface area contributed by atoms with E-state index in [0.717, 1.165) is 66.7 Å². The molecule has 2 aromatic carbocycles. The number of likely N-dealkylation sites (tertiary alicyclic amines) is 1. The number of piperidine rings is 1. The Kier molecular flexibility index (Phi) is 5.51. The van der Waals surface area contributed by atoms with E-state index in [1.807, 2.05) is 6.07 Å². The zero-order valence-electron chi connectivity index (χ0n) is 18.7. The van der Waals surface area contributed by atoms with Gasteiger partial charge in [-0.1, -0.05) is 19.4 Å². The van der Waals surface area contributed by atoms with Crippen molar-refractivity contribution < 1.29 is 14.6 Å². The van der Waals surface area contributed by atoms with Crippen LogP contribution in [0.3, 0.4) is 0 Å². The number of aryl methyl sites for hydroxylation is 1. The highest BCUT2D eigenvalue weighted by molar-refractivity contribution is 6.01. The van der Waals surface area contributed by atoms with Crippen molar-refractivity contribution >= 4 is 16.8 Å². The highest BCUT2D eigenvalue weighted by Crippen LogP contribution is 2.32. The number of hydrogen-bond donors (Lipinski definition) is 2. The average molecular weight is 435 g/mol. The van der Waals surface area contributed by atoms with Gasteiger partial charge in [0.15, 0.2) is 0 Å². The van der Waals surface area contributed by atoms with Crippen LogP contribution in [-0.4, -0.2) is 57.3 Å². The van der Waals surface area contributed by atoms with Crippen molar-refractivity contribution in [1.29, 1.82) is 0 Å². The summed E-state index contributed by atoms with van der Waals surface area (Å²) in [4.78, 5) is 17.4. The number of phenolic OH excluding ortho intramolecular Hbond substituents is 1. The fourth-order valence-electron chi connectivity index (χ4n) is 4.76. The van der Waals surface area contributed by atoms with Crippen molar-refractivity contribution in [2.45, 2.75) is 51.8 Å². The number of aromatic nitrogens is 2. The molecule has 0 bridgehead atoms. The average Bonchev–Trinajstić information content (AvgIpc) is 3.38. The topological polar surface area (TPSA) is 81.7 Å². The maximum Gasteiger partial charge on any atom is 0.258 e. The van der Waals surface area contributed by atoms with Crippen molar-refractivity contribution in [3.8, 4) is 11.5 Å². The standard InChI is InChI=1S/C25H30N4O3/c1-3-4-22-20-12-21(24(30)13-23(20)27-26-22)25(31)29-14-16-5-6-19(11-17(16)15-29)32-18-7-9-28(2)10-8-18/h5-6,11-13,18,30H,3-4,7-10,14-15H2,1-2H3,(H,26,27). The normalized spacial score (nSPS) is 17.1. The van der Waals surface area contributed by atoms with Gasteiger partial charge in [-0.15, -0.1) is 0 Å². The number of amides is 1. The number of ether oxygens (including phenoxy) is 1. The number of carbonyl (C=O) groups excluding carboxylic acids is 1. The first-order valence-corrected chi connectivity index (χ1v) is 11.5. The second kappa shape index (κ2) is 8.47. The van der Waals surface area contributed by atoms with Crippen LogP contribution < -0.4 is 4.74 Å². The van der Waals surface area contributed by atoms with Crippen molar-refractivity contribution in [3.63, 3.8) is 0 Å². The minimum absolute atomic E-state index is 0.0284. The number of aromatic hydroxyl groups is 1. The summed E-state index contributed by atoms with van der Waals surface area (Å²) in [6.07, 6.45) is 4.15. The SMILES string of the molecule is CCCc1[nH]nc2cc(O)c(C(=O)N3Cc4ccc(OC5CCN(C)CC5)cc4C3)cc12. The van der Waals surface area contributed by atoms with Crippen LogP contribution in [0.2, 0.25) is 0 Å². The summed E-state index contributed by atoms with van der Waals surface area (Å²) in [5.41, 5.74) is 4.25. The van der Waals surface area contributed by atoms with Crippen LogP contribution in [0.5, 0.6) is 11.5 Å². The first-order valence-electron chi connectivity index (χ1n) is 11.5. The smallest absolute Gasteiger partial charge is 0.258 e. The third kappa shape index (κ3) is 3.93. The van der Waals surface area contributed by atoms with Crippen LogP contribution in [0.25, 0.3) is 10.9 Å². The largest absolute Gasteiger partial charge is 0.507 e. The van der Waals surface area contributed by atoms with Gasteiger partial charge in [-0.05, 0) is 55.6 Å². The Balaban J connectivity index is 1.32. The van der Waals surface area contributed by atoms with Gasteiger partial charge in [-0.25, -0.2) is 0 Å². The molecule has 1 amide bonds. The Morgan fingerprint density at radius 2 is 1.97 bits per heavy atom. The number of phenols is 1. The molecule has 3 aromatic rings. The molecule has 7 nitrogen and oxygen atoms in total. The van der Waals surface area contributed by atoms with Crippen LogP contribution in [-0.2, 0) is 19.5 Å². The minimum Gasteiger partial charge on any atom is -0.507 e. The Bertz CT molecular complexity index is 1150. The number of nitrogens with one attached hydrogen (secondary N) is 1. The molecule has 0 unspecified atom stereocenters. The molecule has 1 fully saturated rings. The zero-order chi connectivity index (χ0) is 22.2. The molecule has 168 valence electrons. The number of hydrogen-bond acceptors (Lipinski definition) is 5. The third-order valence-electron chi connectivity index (χ3n) is 6.64. The summed E-state index contributed by atoms with van der Waals surface area (Å²) < 4.78 is 6.22. The number of carbonyl (C=O) groups is 1. The van der Waals surface area contributed by atoms with E-state index >= 15 is 0 Å². The number of rotatable bonds is 5. The van der Waals surface area contributed by atoms with E-state index in [4.69, 9.17) is 4.74 Å². The molecule has 1 saturated heterocycles. The molecule has 5 rings (SSSR count). The summed E-state index contributed by atoms with van der Waals surface area (Å²) >= 11 is 0. The fraction of sp³-hybridized carbons (Fsp3) is 0.440. The van der Waals surface area contributed by atoms with Gasteiger partial charge in [0.25, 0.3) is 5.91 Å². The van der Waals surface area contributed by atoms with E-state index in [1.165, 1.54) is 0 Å². The van der Waals surface area contributed by atoms with Crippen LogP contribution in [0.15, 0.2) is 30.3 Å². The molecule has 7 heteroatoms. The molecule has 0 saturated carbocycles. The van der Waals surface area contributed by atoms with E-state index in [9.17, 15) is 9.90 Å². The monoisotopic (exact) mass is 434 g/mol. The lowest BCUT2D eigenvalue weighted by Gasteiger charge is -2.29. The maximum absolute atomic E-state index is 13.3. The Morgan fingerprint density at radius 3 is 2.75 bits per heavy atom. The molecule has 32 heavy (non-hydrogen) atoms. The van der Waals surface area contributed by atoms with Gasteiger partial charge in [-0.3, -0.25) is 9.89 Å². The lowest BCUT2D eigenvalue weighted by atomic mass is 10.1. The number of benzene rings is 2. The second-order valence-corrected chi connectivity index (χ2v) is 9.05. The summed E-state index contributed by atoms with van der Waals surface area (Å²) in [5.74, 6) is 0.681. The molecule has 2 aliphatic heterocycles. The molecule has 0 atom stereocenters. The zero-order valence-corrected chi connectivity index (χ0v) is 18.7. The van der Waals surface area contributed by atoms with Gasteiger partial charge in [0.1, 0.15) is 17.6 Å². The van der Waals surface area contributed by atoms with Gasteiger partial charge in [0.2, 0.25) is 0 Å². The van der Waals surface area contributed by atoms with Gasteiger partial charge >= 0.3 is 0 Å². The fourth-order valence-corrected chi connectivity index (χ4v) is 4.76. The molecule has 0 aliphatic carbocycles. The highest BCUT2D eigenvalue weighted by Gasteiger charge is 2.28. The number of aromatic amines is 1. The molecule has 1 aromatic heterocycles. The van der Waals surface area contributed by atoms with Crippen LogP contribution >= 0.6 is 0 Å². The number of H-pyrrole nitrogens is 1. The Hall–Kier alpha value is -3.06. The van der Waals surface area contributed by atoms with Crippen molar-refractivity contribution in [2.75, 3.05) is 20.1 Å². The lowest BCUT2D eigenvalue weighted by Crippen LogP contribution is -2.35. The van der Waals surface area contributed by atoms with Gasteiger partial charge in [-0.2, -0.15) is 5.10 Å². The molecule has 3 heterocycles. The Labute approximate surface area is 188 Å². The van der Waals surface area contributed by atoms with Crippen molar-refractivity contribution in [1.82, 2.24) is 20.0 Å². The first-order chi connectivity index (χ1) is 15.5. The van der Waals surface area contributed by atoms with E-state index < -0.39 is 0 Å². The lowest BCUT2D eigenvalue weighted by molar-refractivity contribution is 0.0748. The van der Waals surface area contributed by atoms with Crippen LogP contribution in [0, 0.1) is 0 Å². The molecule has 0 radical (unpaired) electrons. The van der Waals surface area contributed by atoms with Gasteiger partial charge in [0.05, 0.1) is 11.1 Å². The van der Waals surface area contributed by atoms with Gasteiger partial charge in [0, 0.05) is 43.3 Å². The number of nitrogens with zero attached hydrogens (tertiary/aromatic N) is 3. The van der Waals surface area contributed by atoms with Crippen molar-refractivity contribution in [3.05, 3.63) is 52.7 Å². The number of fused-ring (bicyclic) bond motifs is 2.